The van der Waals surface area contributed by atoms with Crippen molar-refractivity contribution in [3.63, 3.8) is 0 Å². The van der Waals surface area contributed by atoms with Gasteiger partial charge in [0.1, 0.15) is 18.1 Å². The number of furan rings is 1. The molecule has 6 nitrogen and oxygen atoms in total. The first-order chi connectivity index (χ1) is 15.4. The van der Waals surface area contributed by atoms with E-state index in [1.54, 1.807) is 53.3 Å². The molecule has 0 bridgehead atoms. The molecule has 0 saturated heterocycles. The second-order valence-electron chi connectivity index (χ2n) is 6.73. The summed E-state index contributed by atoms with van der Waals surface area (Å²) >= 11 is 21.5. The summed E-state index contributed by atoms with van der Waals surface area (Å²) in [5, 5.41) is 8.50. The van der Waals surface area contributed by atoms with Crippen molar-refractivity contribution in [3.05, 3.63) is 97.4 Å². The zero-order valence-corrected chi connectivity index (χ0v) is 20.2. The summed E-state index contributed by atoms with van der Waals surface area (Å²) in [5.41, 5.74) is 0.932. The molecule has 32 heavy (non-hydrogen) atoms. The molecule has 2 aromatic heterocycles. The number of nitrogens with one attached hydrogen (secondary N) is 1. The predicted molar refractivity (Wildman–Crippen MR) is 128 cm³/mol. The third-order valence-electron chi connectivity index (χ3n) is 4.36. The van der Waals surface area contributed by atoms with Crippen molar-refractivity contribution in [1.29, 1.82) is 0 Å². The maximum Gasteiger partial charge on any atom is 0.292 e. The first-order valence-electron chi connectivity index (χ1n) is 9.33. The Morgan fingerprint density at radius 1 is 1.03 bits per heavy atom. The van der Waals surface area contributed by atoms with Gasteiger partial charge in [-0.15, -0.1) is 0 Å². The van der Waals surface area contributed by atoms with Gasteiger partial charge in [0.05, 0.1) is 21.6 Å². The van der Waals surface area contributed by atoms with Gasteiger partial charge in [0, 0.05) is 16.7 Å². The van der Waals surface area contributed by atoms with Crippen molar-refractivity contribution in [2.75, 3.05) is 5.32 Å². The van der Waals surface area contributed by atoms with Gasteiger partial charge in [-0.25, -0.2) is 0 Å². The summed E-state index contributed by atoms with van der Waals surface area (Å²) in [4.78, 5) is 12.5. The van der Waals surface area contributed by atoms with Crippen LogP contribution in [0.2, 0.25) is 15.1 Å². The molecule has 0 aliphatic rings. The van der Waals surface area contributed by atoms with E-state index < -0.39 is 5.91 Å². The van der Waals surface area contributed by atoms with Crippen LogP contribution < -0.4 is 10.1 Å². The number of aromatic nitrogens is 2. The van der Waals surface area contributed by atoms with Crippen LogP contribution in [-0.4, -0.2) is 15.7 Å². The summed E-state index contributed by atoms with van der Waals surface area (Å²) in [5.74, 6) is 1.12. The van der Waals surface area contributed by atoms with E-state index in [1.807, 2.05) is 12.1 Å². The predicted octanol–water partition coefficient (Wildman–Crippen LogP) is 7.08. The summed E-state index contributed by atoms with van der Waals surface area (Å²) in [7, 11) is 0. The number of carbonyl (C=O) groups excluding carboxylic acids is 1. The number of rotatable bonds is 7. The quantitative estimate of drug-likeness (QED) is 0.265. The minimum atomic E-state index is -0.419. The Labute approximate surface area is 207 Å². The van der Waals surface area contributed by atoms with Crippen LogP contribution in [0.25, 0.3) is 0 Å². The van der Waals surface area contributed by atoms with Gasteiger partial charge in [0.15, 0.2) is 11.6 Å². The number of carbonyl (C=O) groups is 1. The van der Waals surface area contributed by atoms with Crippen molar-refractivity contribution in [2.24, 2.45) is 0 Å². The summed E-state index contributed by atoms with van der Waals surface area (Å²) in [6.45, 7) is 0.612. The Kier molecular flexibility index (Phi) is 7.10. The molecule has 0 unspecified atom stereocenters. The van der Waals surface area contributed by atoms with Crippen molar-refractivity contribution in [3.8, 4) is 5.75 Å². The lowest BCUT2D eigenvalue weighted by Gasteiger charge is -2.06. The van der Waals surface area contributed by atoms with Crippen molar-refractivity contribution < 1.29 is 13.9 Å². The molecule has 0 saturated carbocycles. The third-order valence-corrected chi connectivity index (χ3v) is 5.89. The molecule has 4 rings (SSSR count). The Bertz CT molecular complexity index is 1270. The van der Waals surface area contributed by atoms with Crippen molar-refractivity contribution in [1.82, 2.24) is 9.78 Å². The van der Waals surface area contributed by atoms with E-state index in [0.29, 0.717) is 38.9 Å². The topological polar surface area (TPSA) is 69.3 Å². The Balaban J connectivity index is 1.34. The molecule has 0 aliphatic carbocycles. The van der Waals surface area contributed by atoms with Crippen molar-refractivity contribution >= 4 is 62.5 Å². The molecule has 1 amide bonds. The van der Waals surface area contributed by atoms with E-state index in [0.717, 1.165) is 10.0 Å². The number of halogens is 4. The maximum absolute atomic E-state index is 12.5. The molecule has 2 aromatic carbocycles. The van der Waals surface area contributed by atoms with Gasteiger partial charge in [0.25, 0.3) is 5.91 Å². The van der Waals surface area contributed by atoms with E-state index in [9.17, 15) is 4.79 Å². The highest BCUT2D eigenvalue weighted by Gasteiger charge is 2.14. The standard InChI is InChI=1S/C22H15BrCl3N3O3/c23-14-2-5-19(18(26)10-14)31-12-15-3-6-20(32-15)22(30)27-21-7-8-29(28-21)11-13-1-4-16(24)17(25)9-13/h1-10H,11-12H2,(H,27,28,30). The lowest BCUT2D eigenvalue weighted by Crippen LogP contribution is -2.12. The van der Waals surface area contributed by atoms with Crippen LogP contribution >= 0.6 is 50.7 Å². The Hall–Kier alpha value is -2.45. The van der Waals surface area contributed by atoms with E-state index in [1.165, 1.54) is 0 Å². The Morgan fingerprint density at radius 3 is 2.66 bits per heavy atom. The third kappa shape index (κ3) is 5.66. The lowest BCUT2D eigenvalue weighted by molar-refractivity contribution is 0.0992. The van der Waals surface area contributed by atoms with Crippen LogP contribution in [-0.2, 0) is 13.2 Å². The highest BCUT2D eigenvalue weighted by molar-refractivity contribution is 9.10. The molecule has 0 spiro atoms. The second-order valence-corrected chi connectivity index (χ2v) is 8.87. The molecule has 4 aromatic rings. The number of anilines is 1. The van der Waals surface area contributed by atoms with E-state index in [2.05, 4.69) is 26.3 Å². The number of amides is 1. The largest absolute Gasteiger partial charge is 0.484 e. The summed E-state index contributed by atoms with van der Waals surface area (Å²) < 4.78 is 13.8. The first kappa shape index (κ1) is 22.7. The average molecular weight is 556 g/mol. The van der Waals surface area contributed by atoms with Crippen LogP contribution in [0.5, 0.6) is 5.75 Å². The molecular weight excluding hydrogens is 541 g/mol. The molecule has 0 aliphatic heterocycles. The van der Waals surface area contributed by atoms with E-state index >= 15 is 0 Å². The molecule has 10 heteroatoms. The molecule has 2 heterocycles. The maximum atomic E-state index is 12.5. The molecule has 0 fully saturated rings. The van der Waals surface area contributed by atoms with Gasteiger partial charge < -0.3 is 14.5 Å². The van der Waals surface area contributed by atoms with Crippen LogP contribution in [0.3, 0.4) is 0 Å². The highest BCUT2D eigenvalue weighted by Crippen LogP contribution is 2.28. The monoisotopic (exact) mass is 553 g/mol. The number of hydrogen-bond donors (Lipinski definition) is 1. The normalized spacial score (nSPS) is 10.9. The number of benzene rings is 2. The zero-order chi connectivity index (χ0) is 22.7. The SMILES string of the molecule is O=C(Nc1ccn(Cc2ccc(Cl)c(Cl)c2)n1)c1ccc(COc2ccc(Br)cc2Cl)o1. The fourth-order valence-corrected chi connectivity index (χ4v) is 3.89. The van der Waals surface area contributed by atoms with Crippen LogP contribution in [0, 0.1) is 0 Å². The van der Waals surface area contributed by atoms with E-state index in [4.69, 9.17) is 44.0 Å². The van der Waals surface area contributed by atoms with Gasteiger partial charge in [0.2, 0.25) is 0 Å². The van der Waals surface area contributed by atoms with E-state index in [-0.39, 0.29) is 12.4 Å². The minimum absolute atomic E-state index is 0.132. The van der Waals surface area contributed by atoms with Gasteiger partial charge in [-0.1, -0.05) is 56.8 Å². The number of ether oxygens (including phenoxy) is 1. The minimum Gasteiger partial charge on any atom is -0.484 e. The zero-order valence-electron chi connectivity index (χ0n) is 16.3. The molecule has 164 valence electrons. The van der Waals surface area contributed by atoms with Crippen molar-refractivity contribution in [2.45, 2.75) is 13.2 Å². The number of nitrogens with zero attached hydrogens (tertiary/aromatic N) is 2. The second kappa shape index (κ2) is 10.0. The average Bonchev–Trinajstić information content (AvgIpc) is 3.40. The number of hydrogen-bond acceptors (Lipinski definition) is 4. The molecular formula is C22H15BrCl3N3O3. The van der Waals surface area contributed by atoms with Crippen LogP contribution in [0.4, 0.5) is 5.82 Å². The lowest BCUT2D eigenvalue weighted by atomic mass is 10.2. The molecule has 0 atom stereocenters. The summed E-state index contributed by atoms with van der Waals surface area (Å²) in [6.07, 6.45) is 1.75. The molecule has 0 radical (unpaired) electrons. The fourth-order valence-electron chi connectivity index (χ4n) is 2.84. The van der Waals surface area contributed by atoms with Crippen LogP contribution in [0.15, 0.2) is 69.7 Å². The van der Waals surface area contributed by atoms with Gasteiger partial charge >= 0.3 is 0 Å². The van der Waals surface area contributed by atoms with Gasteiger partial charge in [-0.3, -0.25) is 9.48 Å². The fraction of sp³-hybridized carbons (Fsp3) is 0.0909. The first-order valence-corrected chi connectivity index (χ1v) is 11.3. The smallest absolute Gasteiger partial charge is 0.292 e. The van der Waals surface area contributed by atoms with Gasteiger partial charge in [-0.2, -0.15) is 5.10 Å². The molecule has 1 N–H and O–H groups in total. The summed E-state index contributed by atoms with van der Waals surface area (Å²) in [6, 6.07) is 15.6. The highest BCUT2D eigenvalue weighted by atomic mass is 79.9. The Morgan fingerprint density at radius 2 is 1.88 bits per heavy atom. The van der Waals surface area contributed by atoms with Gasteiger partial charge in [-0.05, 0) is 48.0 Å². The van der Waals surface area contributed by atoms with Crippen LogP contribution in [0.1, 0.15) is 21.9 Å².